The first-order chi connectivity index (χ1) is 9.93. The van der Waals surface area contributed by atoms with E-state index in [0.717, 1.165) is 14.8 Å². The number of ketones is 1. The van der Waals surface area contributed by atoms with Crippen LogP contribution in [0.15, 0.2) is 35.5 Å². The Bertz CT molecular complexity index is 791. The summed E-state index contributed by atoms with van der Waals surface area (Å²) < 4.78 is 3.89. The van der Waals surface area contributed by atoms with Gasteiger partial charge in [0.05, 0.1) is 14.1 Å². The second-order valence-corrected chi connectivity index (χ2v) is 8.13. The monoisotopic (exact) mass is 434 g/mol. The van der Waals surface area contributed by atoms with E-state index in [0.29, 0.717) is 15.9 Å². The SMILES string of the molecule is CCCn1ccc(=O)n(CC(=O)c2cc(Br)sc2Br)c1=O. The van der Waals surface area contributed by atoms with Crippen molar-refractivity contribution in [1.82, 2.24) is 9.13 Å². The van der Waals surface area contributed by atoms with Crippen LogP contribution in [0.3, 0.4) is 0 Å². The molecule has 0 unspecified atom stereocenters. The molecule has 0 aromatic carbocycles. The fourth-order valence-electron chi connectivity index (χ4n) is 1.87. The molecule has 0 bridgehead atoms. The highest BCUT2D eigenvalue weighted by Crippen LogP contribution is 2.32. The molecule has 0 aliphatic rings. The molecule has 2 aromatic heterocycles. The maximum Gasteiger partial charge on any atom is 0.331 e. The summed E-state index contributed by atoms with van der Waals surface area (Å²) in [7, 11) is 0. The molecule has 0 aliphatic carbocycles. The Hall–Kier alpha value is -0.990. The third-order valence-corrected chi connectivity index (χ3v) is 5.20. The molecule has 112 valence electrons. The van der Waals surface area contributed by atoms with Crippen molar-refractivity contribution in [3.05, 3.63) is 52.3 Å². The lowest BCUT2D eigenvalue weighted by Gasteiger charge is -2.08. The molecule has 0 N–H and O–H groups in total. The molecule has 21 heavy (non-hydrogen) atoms. The second kappa shape index (κ2) is 6.85. The normalized spacial score (nSPS) is 10.8. The second-order valence-electron chi connectivity index (χ2n) is 4.38. The van der Waals surface area contributed by atoms with Crippen LogP contribution in [0, 0.1) is 0 Å². The third kappa shape index (κ3) is 3.61. The maximum atomic E-state index is 12.3. The third-order valence-electron chi connectivity index (χ3n) is 2.86. The Morgan fingerprint density at radius 2 is 2.05 bits per heavy atom. The maximum absolute atomic E-state index is 12.3. The van der Waals surface area contributed by atoms with Gasteiger partial charge in [0.1, 0.15) is 0 Å². The van der Waals surface area contributed by atoms with E-state index in [1.807, 2.05) is 6.92 Å². The minimum absolute atomic E-state index is 0.260. The Morgan fingerprint density at radius 3 is 2.62 bits per heavy atom. The minimum atomic E-state index is -0.467. The first-order valence-electron chi connectivity index (χ1n) is 6.22. The van der Waals surface area contributed by atoms with Crippen LogP contribution in [0.2, 0.25) is 0 Å². The number of rotatable bonds is 5. The van der Waals surface area contributed by atoms with Gasteiger partial charge in [-0.25, -0.2) is 4.79 Å². The molecule has 5 nitrogen and oxygen atoms in total. The van der Waals surface area contributed by atoms with Crippen LogP contribution in [0.4, 0.5) is 0 Å². The van der Waals surface area contributed by atoms with Crippen LogP contribution < -0.4 is 11.2 Å². The quantitative estimate of drug-likeness (QED) is 0.678. The zero-order chi connectivity index (χ0) is 15.6. The van der Waals surface area contributed by atoms with E-state index in [-0.39, 0.29) is 12.3 Å². The van der Waals surface area contributed by atoms with Crippen molar-refractivity contribution in [2.24, 2.45) is 0 Å². The Kier molecular flexibility index (Phi) is 5.34. The van der Waals surface area contributed by atoms with Crippen LogP contribution in [0.1, 0.15) is 23.7 Å². The molecule has 0 atom stereocenters. The first kappa shape index (κ1) is 16.4. The number of carbonyl (C=O) groups is 1. The molecule has 0 saturated heterocycles. The van der Waals surface area contributed by atoms with Crippen molar-refractivity contribution in [1.29, 1.82) is 0 Å². The van der Waals surface area contributed by atoms with E-state index in [9.17, 15) is 14.4 Å². The summed E-state index contributed by atoms with van der Waals surface area (Å²) >= 11 is 7.97. The van der Waals surface area contributed by atoms with E-state index in [4.69, 9.17) is 0 Å². The van der Waals surface area contributed by atoms with Crippen molar-refractivity contribution in [3.8, 4) is 0 Å². The van der Waals surface area contributed by atoms with Gasteiger partial charge in [-0.15, -0.1) is 11.3 Å². The van der Waals surface area contributed by atoms with E-state index in [2.05, 4.69) is 31.9 Å². The van der Waals surface area contributed by atoms with Gasteiger partial charge in [-0.1, -0.05) is 6.92 Å². The highest BCUT2D eigenvalue weighted by Gasteiger charge is 2.16. The molecular weight excluding hydrogens is 424 g/mol. The van der Waals surface area contributed by atoms with Gasteiger partial charge < -0.3 is 4.57 Å². The number of nitrogens with zero attached hydrogens (tertiary/aromatic N) is 2. The van der Waals surface area contributed by atoms with Crippen molar-refractivity contribution < 1.29 is 4.79 Å². The number of hydrogen-bond donors (Lipinski definition) is 0. The van der Waals surface area contributed by atoms with Crippen LogP contribution in [-0.2, 0) is 13.1 Å². The number of aryl methyl sites for hydroxylation is 1. The lowest BCUT2D eigenvalue weighted by Crippen LogP contribution is -2.40. The van der Waals surface area contributed by atoms with E-state index in [1.54, 1.807) is 6.07 Å². The van der Waals surface area contributed by atoms with E-state index < -0.39 is 11.2 Å². The highest BCUT2D eigenvalue weighted by atomic mass is 79.9. The molecule has 0 aliphatic heterocycles. The average molecular weight is 436 g/mol. The van der Waals surface area contributed by atoms with Gasteiger partial charge in [-0.3, -0.25) is 14.2 Å². The standard InChI is InChI=1S/C13H12Br2N2O3S/c1-2-4-16-5-3-11(19)17(13(16)20)7-9(18)8-6-10(14)21-12(8)15/h3,5-6H,2,4,7H2,1H3. The van der Waals surface area contributed by atoms with Crippen molar-refractivity contribution >= 4 is 49.0 Å². The zero-order valence-electron chi connectivity index (χ0n) is 11.1. The van der Waals surface area contributed by atoms with Crippen molar-refractivity contribution in [3.63, 3.8) is 0 Å². The van der Waals surface area contributed by atoms with Gasteiger partial charge in [-0.2, -0.15) is 0 Å². The van der Waals surface area contributed by atoms with E-state index >= 15 is 0 Å². The topological polar surface area (TPSA) is 61.1 Å². The number of aromatic nitrogens is 2. The van der Waals surface area contributed by atoms with Crippen LogP contribution in [0.25, 0.3) is 0 Å². The fraction of sp³-hybridized carbons (Fsp3) is 0.308. The predicted octanol–water partition coefficient (Wildman–Crippen LogP) is 2.89. The van der Waals surface area contributed by atoms with E-state index in [1.165, 1.54) is 28.2 Å². The van der Waals surface area contributed by atoms with Crippen LogP contribution in [0.5, 0.6) is 0 Å². The number of carbonyl (C=O) groups excluding carboxylic acids is 1. The number of hydrogen-bond acceptors (Lipinski definition) is 4. The molecular formula is C13H12Br2N2O3S. The molecule has 2 rings (SSSR count). The number of thiophene rings is 1. The molecule has 8 heteroatoms. The van der Waals surface area contributed by atoms with Crippen molar-refractivity contribution in [2.75, 3.05) is 0 Å². The molecule has 0 spiro atoms. The van der Waals surface area contributed by atoms with Crippen molar-refractivity contribution in [2.45, 2.75) is 26.4 Å². The molecule has 0 fully saturated rings. The Balaban J connectivity index is 2.37. The van der Waals surface area contributed by atoms with Gasteiger partial charge in [0.2, 0.25) is 0 Å². The van der Waals surface area contributed by atoms with Gasteiger partial charge >= 0.3 is 5.69 Å². The largest absolute Gasteiger partial charge is 0.331 e. The minimum Gasteiger partial charge on any atom is -0.300 e. The summed E-state index contributed by atoms with van der Waals surface area (Å²) in [5.74, 6) is -0.280. The summed E-state index contributed by atoms with van der Waals surface area (Å²) in [6.07, 6.45) is 2.24. The predicted molar refractivity (Wildman–Crippen MR) is 89.3 cm³/mol. The summed E-state index contributed by atoms with van der Waals surface area (Å²) in [5, 5.41) is 0. The molecule has 2 aromatic rings. The summed E-state index contributed by atoms with van der Waals surface area (Å²) in [5.41, 5.74) is -0.460. The summed E-state index contributed by atoms with van der Waals surface area (Å²) in [6, 6.07) is 2.98. The van der Waals surface area contributed by atoms with Crippen LogP contribution in [-0.4, -0.2) is 14.9 Å². The first-order valence-corrected chi connectivity index (χ1v) is 8.62. The smallest absolute Gasteiger partial charge is 0.300 e. The molecule has 0 radical (unpaired) electrons. The lowest BCUT2D eigenvalue weighted by atomic mass is 10.2. The van der Waals surface area contributed by atoms with Crippen LogP contribution >= 0.6 is 43.2 Å². The number of Topliss-reactive ketones (excluding diaryl/α,β-unsaturated/α-hetero) is 1. The average Bonchev–Trinajstić information content (AvgIpc) is 2.77. The summed E-state index contributed by atoms with van der Waals surface area (Å²) in [6.45, 7) is 2.19. The van der Waals surface area contributed by atoms with Gasteiger partial charge in [0.25, 0.3) is 5.56 Å². The highest BCUT2D eigenvalue weighted by molar-refractivity contribution is 9.12. The molecule has 0 amide bonds. The summed E-state index contributed by atoms with van der Waals surface area (Å²) in [4.78, 5) is 36.3. The number of halogens is 2. The fourth-order valence-corrected chi connectivity index (χ4v) is 4.73. The van der Waals surface area contributed by atoms with Gasteiger partial charge in [0.15, 0.2) is 5.78 Å². The Morgan fingerprint density at radius 1 is 1.33 bits per heavy atom. The molecule has 2 heterocycles. The zero-order valence-corrected chi connectivity index (χ0v) is 15.1. The lowest BCUT2D eigenvalue weighted by molar-refractivity contribution is 0.0968. The van der Waals surface area contributed by atoms with Gasteiger partial charge in [0, 0.05) is 24.4 Å². The molecule has 0 saturated carbocycles. The Labute approximate surface area is 141 Å². The van der Waals surface area contributed by atoms with Gasteiger partial charge in [-0.05, 0) is 44.3 Å².